The Bertz CT molecular complexity index is 788. The van der Waals surface area contributed by atoms with Crippen LogP contribution in [0.1, 0.15) is 23.0 Å². The number of fused-ring (bicyclic) bond motifs is 1. The van der Waals surface area contributed by atoms with Crippen molar-refractivity contribution in [2.24, 2.45) is 0 Å². The predicted octanol–water partition coefficient (Wildman–Crippen LogP) is 3.30. The molecule has 0 atom stereocenters. The molecule has 1 heterocycles. The normalized spacial score (nSPS) is 10.8. The molecule has 4 nitrogen and oxygen atoms in total. The van der Waals surface area contributed by atoms with Crippen molar-refractivity contribution in [3.05, 3.63) is 59.8 Å². The predicted molar refractivity (Wildman–Crippen MR) is 81.8 cm³/mol. The van der Waals surface area contributed by atoms with E-state index >= 15 is 0 Å². The molecule has 3 rings (SSSR count). The van der Waals surface area contributed by atoms with Crippen LogP contribution in [0, 0.1) is 0 Å². The SMILES string of the molecule is CCn1nc(C(=O)c2ccc(OC)cc2)c2ccccc21. The second kappa shape index (κ2) is 5.40. The smallest absolute Gasteiger partial charge is 0.213 e. The number of nitrogens with zero attached hydrogens (tertiary/aromatic N) is 2. The van der Waals surface area contributed by atoms with E-state index in [0.29, 0.717) is 11.3 Å². The number of hydrogen-bond acceptors (Lipinski definition) is 3. The van der Waals surface area contributed by atoms with E-state index in [2.05, 4.69) is 5.10 Å². The number of ketones is 1. The largest absolute Gasteiger partial charge is 0.497 e. The lowest BCUT2D eigenvalue weighted by atomic mass is 10.1. The molecular formula is C17H16N2O2. The topological polar surface area (TPSA) is 44.1 Å². The average Bonchev–Trinajstić information content (AvgIpc) is 2.93. The van der Waals surface area contributed by atoms with Crippen LogP contribution in [0.25, 0.3) is 10.9 Å². The molecule has 0 radical (unpaired) electrons. The van der Waals surface area contributed by atoms with Gasteiger partial charge in [-0.2, -0.15) is 5.10 Å². The fourth-order valence-corrected chi connectivity index (χ4v) is 2.42. The summed E-state index contributed by atoms with van der Waals surface area (Å²) in [6.07, 6.45) is 0. The molecular weight excluding hydrogens is 264 g/mol. The van der Waals surface area contributed by atoms with Gasteiger partial charge in [-0.1, -0.05) is 18.2 Å². The van der Waals surface area contributed by atoms with Crippen molar-refractivity contribution in [2.45, 2.75) is 13.5 Å². The molecule has 2 aromatic carbocycles. The fraction of sp³-hybridized carbons (Fsp3) is 0.176. The quantitative estimate of drug-likeness (QED) is 0.689. The monoisotopic (exact) mass is 280 g/mol. The summed E-state index contributed by atoms with van der Waals surface area (Å²) in [6, 6.07) is 14.9. The van der Waals surface area contributed by atoms with Crippen molar-refractivity contribution in [3.63, 3.8) is 0 Å². The van der Waals surface area contributed by atoms with E-state index < -0.39 is 0 Å². The molecule has 106 valence electrons. The van der Waals surface area contributed by atoms with Gasteiger partial charge < -0.3 is 4.74 Å². The highest BCUT2D eigenvalue weighted by Gasteiger charge is 2.17. The van der Waals surface area contributed by atoms with Crippen LogP contribution in [-0.4, -0.2) is 22.7 Å². The Kier molecular flexibility index (Phi) is 3.44. The van der Waals surface area contributed by atoms with Gasteiger partial charge in [-0.15, -0.1) is 0 Å². The zero-order chi connectivity index (χ0) is 14.8. The molecule has 4 heteroatoms. The molecule has 0 amide bonds. The van der Waals surface area contributed by atoms with Gasteiger partial charge >= 0.3 is 0 Å². The minimum Gasteiger partial charge on any atom is -0.497 e. The molecule has 0 saturated carbocycles. The van der Waals surface area contributed by atoms with Gasteiger partial charge in [0.2, 0.25) is 5.78 Å². The van der Waals surface area contributed by atoms with Gasteiger partial charge in [0.1, 0.15) is 11.4 Å². The summed E-state index contributed by atoms with van der Waals surface area (Å²) in [5.74, 6) is 0.663. The van der Waals surface area contributed by atoms with E-state index in [1.165, 1.54) is 0 Å². The lowest BCUT2D eigenvalue weighted by molar-refractivity contribution is 0.103. The number of hydrogen-bond donors (Lipinski definition) is 0. The molecule has 0 N–H and O–H groups in total. The highest BCUT2D eigenvalue weighted by atomic mass is 16.5. The molecule has 3 aromatic rings. The van der Waals surface area contributed by atoms with Gasteiger partial charge in [-0.3, -0.25) is 9.48 Å². The van der Waals surface area contributed by atoms with Gasteiger partial charge in [-0.05, 0) is 37.3 Å². The summed E-state index contributed by atoms with van der Waals surface area (Å²) >= 11 is 0. The highest BCUT2D eigenvalue weighted by Crippen LogP contribution is 2.22. The van der Waals surface area contributed by atoms with E-state index in [0.717, 1.165) is 23.2 Å². The van der Waals surface area contributed by atoms with E-state index in [1.807, 2.05) is 35.9 Å². The van der Waals surface area contributed by atoms with Crippen LogP contribution in [0.2, 0.25) is 0 Å². The van der Waals surface area contributed by atoms with Crippen LogP contribution in [0.4, 0.5) is 0 Å². The van der Waals surface area contributed by atoms with Gasteiger partial charge in [0.05, 0.1) is 12.6 Å². The molecule has 0 unspecified atom stereocenters. The van der Waals surface area contributed by atoms with Crippen molar-refractivity contribution < 1.29 is 9.53 Å². The summed E-state index contributed by atoms with van der Waals surface area (Å²) < 4.78 is 6.97. The number of carbonyl (C=O) groups is 1. The van der Waals surface area contributed by atoms with Crippen LogP contribution in [0.3, 0.4) is 0 Å². The van der Waals surface area contributed by atoms with Crippen molar-refractivity contribution in [1.82, 2.24) is 9.78 Å². The summed E-state index contributed by atoms with van der Waals surface area (Å²) in [5.41, 5.74) is 2.09. The lowest BCUT2D eigenvalue weighted by Crippen LogP contribution is -2.04. The van der Waals surface area contributed by atoms with E-state index in [9.17, 15) is 4.79 Å². The molecule has 0 spiro atoms. The number of rotatable bonds is 4. The molecule has 0 aliphatic carbocycles. The van der Waals surface area contributed by atoms with Crippen LogP contribution in [0.15, 0.2) is 48.5 Å². The molecule has 0 aliphatic rings. The molecule has 0 aliphatic heterocycles. The number of ether oxygens (including phenoxy) is 1. The third-order valence-corrected chi connectivity index (χ3v) is 3.52. The van der Waals surface area contributed by atoms with Crippen molar-refractivity contribution in [2.75, 3.05) is 7.11 Å². The summed E-state index contributed by atoms with van der Waals surface area (Å²) in [6.45, 7) is 2.75. The van der Waals surface area contributed by atoms with Gasteiger partial charge in [0, 0.05) is 17.5 Å². The molecule has 21 heavy (non-hydrogen) atoms. The Balaban J connectivity index is 2.08. The van der Waals surface area contributed by atoms with Crippen molar-refractivity contribution >= 4 is 16.7 Å². The first-order valence-electron chi connectivity index (χ1n) is 6.89. The number of benzene rings is 2. The first kappa shape index (κ1) is 13.4. The van der Waals surface area contributed by atoms with Gasteiger partial charge in [-0.25, -0.2) is 0 Å². The zero-order valence-corrected chi connectivity index (χ0v) is 12.0. The number of methoxy groups -OCH3 is 1. The molecule has 0 saturated heterocycles. The lowest BCUT2D eigenvalue weighted by Gasteiger charge is -2.01. The maximum absolute atomic E-state index is 12.7. The van der Waals surface area contributed by atoms with Crippen LogP contribution in [-0.2, 0) is 6.54 Å². The number of aryl methyl sites for hydroxylation is 1. The van der Waals surface area contributed by atoms with Crippen molar-refractivity contribution in [1.29, 1.82) is 0 Å². The second-order valence-corrected chi connectivity index (χ2v) is 4.74. The Hall–Kier alpha value is -2.62. The first-order chi connectivity index (χ1) is 10.2. The zero-order valence-electron chi connectivity index (χ0n) is 12.0. The maximum atomic E-state index is 12.7. The maximum Gasteiger partial charge on any atom is 0.213 e. The number of carbonyl (C=O) groups excluding carboxylic acids is 1. The second-order valence-electron chi connectivity index (χ2n) is 4.74. The highest BCUT2D eigenvalue weighted by molar-refractivity contribution is 6.14. The Morgan fingerprint density at radius 2 is 1.86 bits per heavy atom. The van der Waals surface area contributed by atoms with Crippen LogP contribution >= 0.6 is 0 Å². The van der Waals surface area contributed by atoms with Gasteiger partial charge in [0.15, 0.2) is 0 Å². The van der Waals surface area contributed by atoms with Crippen LogP contribution in [0.5, 0.6) is 5.75 Å². The average molecular weight is 280 g/mol. The Labute approximate surface area is 123 Å². The molecule has 0 fully saturated rings. The van der Waals surface area contributed by atoms with E-state index in [4.69, 9.17) is 4.74 Å². The minimum atomic E-state index is -0.0685. The van der Waals surface area contributed by atoms with E-state index in [-0.39, 0.29) is 5.78 Å². The third-order valence-electron chi connectivity index (χ3n) is 3.52. The molecule has 1 aromatic heterocycles. The summed E-state index contributed by atoms with van der Waals surface area (Å²) in [7, 11) is 1.60. The minimum absolute atomic E-state index is 0.0685. The first-order valence-corrected chi connectivity index (χ1v) is 6.89. The van der Waals surface area contributed by atoms with Crippen molar-refractivity contribution in [3.8, 4) is 5.75 Å². The Morgan fingerprint density at radius 3 is 2.52 bits per heavy atom. The summed E-state index contributed by atoms with van der Waals surface area (Å²) in [4.78, 5) is 12.7. The number of aromatic nitrogens is 2. The standard InChI is InChI=1S/C17H16N2O2/c1-3-19-15-7-5-4-6-14(15)16(18-19)17(20)12-8-10-13(21-2)11-9-12/h4-11H,3H2,1-2H3. The summed E-state index contributed by atoms with van der Waals surface area (Å²) in [5, 5.41) is 5.35. The van der Waals surface area contributed by atoms with E-state index in [1.54, 1.807) is 31.4 Å². The van der Waals surface area contributed by atoms with Gasteiger partial charge in [0.25, 0.3) is 0 Å². The fourth-order valence-electron chi connectivity index (χ4n) is 2.42. The number of para-hydroxylation sites is 1. The van der Waals surface area contributed by atoms with Crippen LogP contribution < -0.4 is 4.74 Å². The third kappa shape index (κ3) is 2.29. The Morgan fingerprint density at radius 1 is 1.14 bits per heavy atom. The molecule has 0 bridgehead atoms.